The fourth-order valence-corrected chi connectivity index (χ4v) is 4.47. The number of piperidine rings is 2. The molecule has 0 radical (unpaired) electrons. The number of fused-ring (bicyclic) bond motifs is 1. The Hall–Kier alpha value is -1.94. The SMILES string of the molecule is Cc1ccc2ncccc2c1CN1CCC(C(=O)N2CCCCC2)CC1. The molecule has 3 heterocycles. The van der Waals surface area contributed by atoms with Gasteiger partial charge in [-0.1, -0.05) is 12.1 Å². The summed E-state index contributed by atoms with van der Waals surface area (Å²) < 4.78 is 0. The molecule has 1 aromatic heterocycles. The van der Waals surface area contributed by atoms with E-state index in [4.69, 9.17) is 0 Å². The van der Waals surface area contributed by atoms with Crippen LogP contribution in [0.2, 0.25) is 0 Å². The smallest absolute Gasteiger partial charge is 0.225 e. The van der Waals surface area contributed by atoms with E-state index in [1.54, 1.807) is 0 Å². The van der Waals surface area contributed by atoms with Crippen LogP contribution in [0.15, 0.2) is 30.5 Å². The van der Waals surface area contributed by atoms with Gasteiger partial charge in [0.15, 0.2) is 0 Å². The molecule has 2 aliphatic rings. The summed E-state index contributed by atoms with van der Waals surface area (Å²) in [5, 5.41) is 1.26. The summed E-state index contributed by atoms with van der Waals surface area (Å²) in [4.78, 5) is 21.9. The maximum absolute atomic E-state index is 12.7. The Morgan fingerprint density at radius 1 is 1.08 bits per heavy atom. The van der Waals surface area contributed by atoms with Crippen LogP contribution in [-0.2, 0) is 11.3 Å². The highest BCUT2D eigenvalue weighted by Gasteiger charge is 2.29. The lowest BCUT2D eigenvalue weighted by Crippen LogP contribution is -2.44. The first kappa shape index (κ1) is 17.5. The molecule has 2 aliphatic heterocycles. The molecule has 0 bridgehead atoms. The van der Waals surface area contributed by atoms with Gasteiger partial charge in [-0.05, 0) is 75.4 Å². The average molecular weight is 351 g/mol. The minimum Gasteiger partial charge on any atom is -0.342 e. The zero-order valence-corrected chi connectivity index (χ0v) is 15.8. The van der Waals surface area contributed by atoms with E-state index < -0.39 is 0 Å². The van der Waals surface area contributed by atoms with Gasteiger partial charge >= 0.3 is 0 Å². The fourth-order valence-electron chi connectivity index (χ4n) is 4.47. The second kappa shape index (κ2) is 7.75. The molecule has 138 valence electrons. The first-order valence-corrected chi connectivity index (χ1v) is 10.1. The van der Waals surface area contributed by atoms with Crippen molar-refractivity contribution in [3.05, 3.63) is 41.6 Å². The topological polar surface area (TPSA) is 36.4 Å². The van der Waals surface area contributed by atoms with Gasteiger partial charge in [-0.2, -0.15) is 0 Å². The molecule has 4 rings (SSSR count). The molecule has 1 aromatic carbocycles. The van der Waals surface area contributed by atoms with Crippen LogP contribution in [0.1, 0.15) is 43.2 Å². The lowest BCUT2D eigenvalue weighted by atomic mass is 9.93. The van der Waals surface area contributed by atoms with Crippen molar-refractivity contribution in [3.63, 3.8) is 0 Å². The van der Waals surface area contributed by atoms with Crippen LogP contribution in [0.5, 0.6) is 0 Å². The third kappa shape index (κ3) is 3.61. The zero-order chi connectivity index (χ0) is 17.9. The minimum atomic E-state index is 0.236. The molecule has 0 spiro atoms. The van der Waals surface area contributed by atoms with E-state index in [9.17, 15) is 4.79 Å². The monoisotopic (exact) mass is 351 g/mol. The van der Waals surface area contributed by atoms with Crippen LogP contribution in [-0.4, -0.2) is 46.9 Å². The molecule has 2 saturated heterocycles. The van der Waals surface area contributed by atoms with E-state index >= 15 is 0 Å². The number of pyridine rings is 1. The number of hydrogen-bond acceptors (Lipinski definition) is 3. The largest absolute Gasteiger partial charge is 0.342 e. The normalized spacial score (nSPS) is 19.8. The van der Waals surface area contributed by atoms with Crippen molar-refractivity contribution in [1.29, 1.82) is 0 Å². The van der Waals surface area contributed by atoms with Crippen molar-refractivity contribution in [2.75, 3.05) is 26.2 Å². The van der Waals surface area contributed by atoms with Gasteiger partial charge < -0.3 is 4.90 Å². The van der Waals surface area contributed by atoms with E-state index in [1.165, 1.54) is 35.8 Å². The van der Waals surface area contributed by atoms with Gasteiger partial charge in [0, 0.05) is 37.1 Å². The number of benzene rings is 1. The highest BCUT2D eigenvalue weighted by molar-refractivity contribution is 5.83. The van der Waals surface area contributed by atoms with E-state index in [2.05, 4.69) is 39.9 Å². The highest BCUT2D eigenvalue weighted by Crippen LogP contribution is 2.26. The molecule has 4 heteroatoms. The van der Waals surface area contributed by atoms with E-state index in [0.717, 1.165) is 51.1 Å². The van der Waals surface area contributed by atoms with Crippen molar-refractivity contribution < 1.29 is 4.79 Å². The molecule has 1 amide bonds. The van der Waals surface area contributed by atoms with Gasteiger partial charge in [-0.15, -0.1) is 0 Å². The Balaban J connectivity index is 1.40. The lowest BCUT2D eigenvalue weighted by molar-refractivity contribution is -0.138. The maximum Gasteiger partial charge on any atom is 0.225 e. The van der Waals surface area contributed by atoms with Crippen molar-refractivity contribution in [2.24, 2.45) is 5.92 Å². The minimum absolute atomic E-state index is 0.236. The van der Waals surface area contributed by atoms with Gasteiger partial charge in [0.2, 0.25) is 5.91 Å². The molecule has 0 N–H and O–H groups in total. The number of likely N-dealkylation sites (tertiary alicyclic amines) is 2. The fraction of sp³-hybridized carbons (Fsp3) is 0.545. The molecule has 0 aliphatic carbocycles. The third-order valence-electron chi connectivity index (χ3n) is 6.12. The molecule has 2 aromatic rings. The predicted octanol–water partition coefficient (Wildman–Crippen LogP) is 3.77. The van der Waals surface area contributed by atoms with Gasteiger partial charge in [0.25, 0.3) is 0 Å². The Labute approximate surface area is 156 Å². The van der Waals surface area contributed by atoms with E-state index in [0.29, 0.717) is 5.91 Å². The molecular weight excluding hydrogens is 322 g/mol. The van der Waals surface area contributed by atoms with Crippen LogP contribution in [0.4, 0.5) is 0 Å². The van der Waals surface area contributed by atoms with E-state index in [-0.39, 0.29) is 5.92 Å². The number of aromatic nitrogens is 1. The number of carbonyl (C=O) groups is 1. The average Bonchev–Trinajstić information content (AvgIpc) is 2.71. The standard InChI is InChI=1S/C22H29N3O/c1-17-7-8-21-19(6-5-11-23-21)20(17)16-24-14-9-18(10-15-24)22(26)25-12-3-2-4-13-25/h5-8,11,18H,2-4,9-10,12-16H2,1H3. The number of amides is 1. The molecule has 26 heavy (non-hydrogen) atoms. The third-order valence-corrected chi connectivity index (χ3v) is 6.12. The summed E-state index contributed by atoms with van der Waals surface area (Å²) in [7, 11) is 0. The van der Waals surface area contributed by atoms with Crippen LogP contribution in [0.25, 0.3) is 10.9 Å². The zero-order valence-electron chi connectivity index (χ0n) is 15.8. The molecule has 2 fully saturated rings. The Morgan fingerprint density at radius 3 is 2.62 bits per heavy atom. The number of aryl methyl sites for hydroxylation is 1. The van der Waals surface area contributed by atoms with Gasteiger partial charge in [0.05, 0.1) is 5.52 Å². The number of carbonyl (C=O) groups excluding carboxylic acids is 1. The van der Waals surface area contributed by atoms with Gasteiger partial charge in [-0.25, -0.2) is 0 Å². The van der Waals surface area contributed by atoms with Crippen LogP contribution < -0.4 is 0 Å². The Morgan fingerprint density at radius 2 is 1.85 bits per heavy atom. The molecular formula is C22H29N3O. The Kier molecular flexibility index (Phi) is 5.21. The second-order valence-electron chi connectivity index (χ2n) is 7.87. The van der Waals surface area contributed by atoms with E-state index in [1.807, 2.05) is 12.3 Å². The molecule has 0 unspecified atom stereocenters. The number of hydrogen-bond donors (Lipinski definition) is 0. The summed E-state index contributed by atoms with van der Waals surface area (Å²) in [5.41, 5.74) is 3.79. The molecule has 4 nitrogen and oxygen atoms in total. The van der Waals surface area contributed by atoms with Crippen LogP contribution >= 0.6 is 0 Å². The lowest BCUT2D eigenvalue weighted by Gasteiger charge is -2.35. The van der Waals surface area contributed by atoms with Gasteiger partial charge in [0.1, 0.15) is 0 Å². The summed E-state index contributed by atoms with van der Waals surface area (Å²) in [6.07, 6.45) is 7.49. The summed E-state index contributed by atoms with van der Waals surface area (Å²) in [6.45, 7) is 7.12. The molecule has 0 saturated carbocycles. The summed E-state index contributed by atoms with van der Waals surface area (Å²) >= 11 is 0. The van der Waals surface area contributed by atoms with Crippen LogP contribution in [0.3, 0.4) is 0 Å². The second-order valence-corrected chi connectivity index (χ2v) is 7.87. The summed E-state index contributed by atoms with van der Waals surface area (Å²) in [6, 6.07) is 8.49. The Bertz CT molecular complexity index is 774. The first-order valence-electron chi connectivity index (χ1n) is 10.1. The number of rotatable bonds is 3. The predicted molar refractivity (Wildman–Crippen MR) is 105 cm³/mol. The number of nitrogens with zero attached hydrogens (tertiary/aromatic N) is 3. The quantitative estimate of drug-likeness (QED) is 0.845. The maximum atomic E-state index is 12.7. The van der Waals surface area contributed by atoms with Crippen molar-refractivity contribution >= 4 is 16.8 Å². The van der Waals surface area contributed by atoms with Crippen LogP contribution in [0, 0.1) is 12.8 Å². The first-order chi connectivity index (χ1) is 12.7. The molecule has 0 atom stereocenters. The van der Waals surface area contributed by atoms with Gasteiger partial charge in [-0.3, -0.25) is 14.7 Å². The van der Waals surface area contributed by atoms with Crippen molar-refractivity contribution in [2.45, 2.75) is 45.6 Å². The van der Waals surface area contributed by atoms with Crippen molar-refractivity contribution in [1.82, 2.24) is 14.8 Å². The summed E-state index contributed by atoms with van der Waals surface area (Å²) in [5.74, 6) is 0.648. The highest BCUT2D eigenvalue weighted by atomic mass is 16.2. The van der Waals surface area contributed by atoms with Crippen molar-refractivity contribution in [3.8, 4) is 0 Å².